The van der Waals surface area contributed by atoms with Gasteiger partial charge in [0, 0.05) is 32.1 Å². The van der Waals surface area contributed by atoms with Crippen molar-refractivity contribution in [3.05, 3.63) is 35.9 Å². The van der Waals surface area contributed by atoms with Crippen LogP contribution in [-0.2, 0) is 11.6 Å². The lowest BCUT2D eigenvalue weighted by Crippen LogP contribution is -2.30. The molecule has 228 valence electrons. The first-order valence-corrected chi connectivity index (χ1v) is 12.6. The number of aromatic nitrogens is 5. The highest BCUT2D eigenvalue weighted by molar-refractivity contribution is 5.74. The Labute approximate surface area is 237 Å². The van der Waals surface area contributed by atoms with Gasteiger partial charge in [0.25, 0.3) is 0 Å². The van der Waals surface area contributed by atoms with Gasteiger partial charge in [0.1, 0.15) is 17.7 Å². The van der Waals surface area contributed by atoms with E-state index in [4.69, 9.17) is 10.5 Å². The van der Waals surface area contributed by atoms with Crippen LogP contribution in [0.5, 0.6) is 5.88 Å². The maximum absolute atomic E-state index is 13.3. The van der Waals surface area contributed by atoms with E-state index in [0.717, 1.165) is 12.4 Å². The quantitative estimate of drug-likeness (QED) is 0.341. The lowest BCUT2D eigenvalue weighted by molar-refractivity contribution is -0.154. The van der Waals surface area contributed by atoms with Gasteiger partial charge in [0.2, 0.25) is 17.8 Å². The molecule has 3 aromatic heterocycles. The molecule has 0 saturated heterocycles. The molecule has 0 spiro atoms. The maximum atomic E-state index is 13.3. The topological polar surface area (TPSA) is 121 Å². The zero-order chi connectivity index (χ0) is 31.0. The Bertz CT molecular complexity index is 1430. The number of hydrogen-bond donors (Lipinski definition) is 2. The number of ether oxygens (including phenoxy) is 1. The van der Waals surface area contributed by atoms with E-state index in [9.17, 15) is 26.3 Å². The van der Waals surface area contributed by atoms with Crippen molar-refractivity contribution < 1.29 is 31.1 Å². The molecule has 17 heteroatoms. The van der Waals surface area contributed by atoms with E-state index in [0.29, 0.717) is 18.8 Å². The number of anilines is 6. The van der Waals surface area contributed by atoms with Crippen LogP contribution in [0.3, 0.4) is 0 Å². The number of hydrogen-bond acceptors (Lipinski definition) is 11. The molecule has 0 unspecified atom stereocenters. The van der Waals surface area contributed by atoms with Crippen molar-refractivity contribution in [1.29, 1.82) is 0 Å². The fourth-order valence-electron chi connectivity index (χ4n) is 4.27. The van der Waals surface area contributed by atoms with Gasteiger partial charge >= 0.3 is 12.4 Å². The van der Waals surface area contributed by atoms with Crippen LogP contribution < -0.4 is 25.6 Å². The SMILES string of the molecule is CN(C)CCN(C)c1nc(OCC(F)(F)F)c(Nc2ncnc(N3CC(C)(C)c4nc(C(F)(F)F)ccc43)n2)cc1N. The molecule has 0 saturated carbocycles. The Hall–Kier alpha value is -4.15. The summed E-state index contributed by atoms with van der Waals surface area (Å²) in [6, 6.07) is 3.54. The van der Waals surface area contributed by atoms with Gasteiger partial charge in [0.05, 0.1) is 17.1 Å². The first-order chi connectivity index (χ1) is 19.4. The standard InChI is InChI=1S/C25H30F6N10O/c1-23(2)11-41(16-6-7-17(25(29,30)31)36-18(16)23)22-34-13-33-21(38-22)35-15-10-14(32)19(40(5)9-8-39(3)4)37-20(15)42-12-24(26,27)28/h6-7,10,13H,8-9,11-12,32H2,1-5H3,(H,33,34,35,38). The molecule has 4 heterocycles. The number of halogens is 6. The molecule has 11 nitrogen and oxygen atoms in total. The zero-order valence-corrected chi connectivity index (χ0v) is 23.5. The lowest BCUT2D eigenvalue weighted by Gasteiger charge is -2.24. The molecule has 42 heavy (non-hydrogen) atoms. The summed E-state index contributed by atoms with van der Waals surface area (Å²) in [6.07, 6.45) is -8.08. The summed E-state index contributed by atoms with van der Waals surface area (Å²) in [6.45, 7) is 3.22. The average Bonchev–Trinajstić information content (AvgIpc) is 3.16. The van der Waals surface area contributed by atoms with Crippen LogP contribution in [0.1, 0.15) is 25.2 Å². The van der Waals surface area contributed by atoms with Gasteiger partial charge in [-0.25, -0.2) is 15.0 Å². The van der Waals surface area contributed by atoms with Crippen molar-refractivity contribution in [3.63, 3.8) is 0 Å². The van der Waals surface area contributed by atoms with Gasteiger partial charge in [-0.3, -0.25) is 0 Å². The number of pyridine rings is 2. The molecule has 1 aliphatic rings. The van der Waals surface area contributed by atoms with Gasteiger partial charge in [-0.05, 0) is 32.3 Å². The van der Waals surface area contributed by atoms with E-state index in [1.807, 2.05) is 19.0 Å². The first-order valence-electron chi connectivity index (χ1n) is 12.6. The van der Waals surface area contributed by atoms with Gasteiger partial charge in [-0.15, -0.1) is 0 Å². The summed E-state index contributed by atoms with van der Waals surface area (Å²) in [5.41, 5.74) is 5.15. The predicted molar refractivity (Wildman–Crippen MR) is 144 cm³/mol. The summed E-state index contributed by atoms with van der Waals surface area (Å²) in [5.74, 6) is -0.165. The first kappa shape index (κ1) is 30.8. The number of fused-ring (bicyclic) bond motifs is 1. The monoisotopic (exact) mass is 600 g/mol. The third kappa shape index (κ3) is 7.00. The Morgan fingerprint density at radius 3 is 2.38 bits per heavy atom. The second kappa shape index (κ2) is 11.3. The van der Waals surface area contributed by atoms with Crippen molar-refractivity contribution >= 4 is 34.8 Å². The van der Waals surface area contributed by atoms with Crippen LogP contribution in [-0.4, -0.2) is 83.4 Å². The van der Waals surface area contributed by atoms with Crippen LogP contribution in [0.25, 0.3) is 0 Å². The Balaban J connectivity index is 1.66. The minimum Gasteiger partial charge on any atom is -0.466 e. The van der Waals surface area contributed by atoms with E-state index >= 15 is 0 Å². The maximum Gasteiger partial charge on any atom is 0.433 e. The fourth-order valence-corrected chi connectivity index (χ4v) is 4.27. The average molecular weight is 601 g/mol. The molecule has 0 radical (unpaired) electrons. The number of alkyl halides is 6. The van der Waals surface area contributed by atoms with Crippen molar-refractivity contribution in [2.45, 2.75) is 31.6 Å². The predicted octanol–water partition coefficient (Wildman–Crippen LogP) is 4.37. The van der Waals surface area contributed by atoms with Gasteiger partial charge < -0.3 is 30.5 Å². The molecule has 0 bridgehead atoms. The molecule has 0 aromatic carbocycles. The molecule has 0 amide bonds. The minimum absolute atomic E-state index is 0.0303. The third-order valence-corrected chi connectivity index (χ3v) is 6.31. The van der Waals surface area contributed by atoms with Crippen molar-refractivity contribution in [1.82, 2.24) is 29.8 Å². The van der Waals surface area contributed by atoms with E-state index in [2.05, 4.69) is 30.2 Å². The third-order valence-electron chi connectivity index (χ3n) is 6.31. The number of likely N-dealkylation sites (N-methyl/N-ethyl adjacent to an activating group) is 2. The highest BCUT2D eigenvalue weighted by Crippen LogP contribution is 2.44. The minimum atomic E-state index is -4.63. The molecule has 0 aliphatic carbocycles. The van der Waals surface area contributed by atoms with Gasteiger partial charge in [-0.1, -0.05) is 13.8 Å². The van der Waals surface area contributed by atoms with Gasteiger partial charge in [0.15, 0.2) is 12.4 Å². The fraction of sp³-hybridized carbons (Fsp3) is 0.480. The number of nitrogens with two attached hydrogens (primary N) is 1. The molecular weight excluding hydrogens is 570 g/mol. The summed E-state index contributed by atoms with van der Waals surface area (Å²) < 4.78 is 84.0. The summed E-state index contributed by atoms with van der Waals surface area (Å²) in [7, 11) is 5.44. The number of rotatable bonds is 9. The van der Waals surface area contributed by atoms with E-state index in [1.54, 1.807) is 30.7 Å². The number of nitrogens with zero attached hydrogens (tertiary/aromatic N) is 8. The highest BCUT2D eigenvalue weighted by Gasteiger charge is 2.42. The van der Waals surface area contributed by atoms with Gasteiger partial charge in [-0.2, -0.15) is 36.3 Å². The Kier molecular flexibility index (Phi) is 8.26. The highest BCUT2D eigenvalue weighted by atomic mass is 19.4. The van der Waals surface area contributed by atoms with Crippen LogP contribution in [0.4, 0.5) is 61.1 Å². The van der Waals surface area contributed by atoms with Crippen LogP contribution in [0.2, 0.25) is 0 Å². The van der Waals surface area contributed by atoms with Crippen LogP contribution >= 0.6 is 0 Å². The summed E-state index contributed by atoms with van der Waals surface area (Å²) in [4.78, 5) is 25.9. The largest absolute Gasteiger partial charge is 0.466 e. The zero-order valence-electron chi connectivity index (χ0n) is 23.5. The van der Waals surface area contributed by atoms with Crippen LogP contribution in [0, 0.1) is 0 Å². The molecule has 3 aromatic rings. The Morgan fingerprint density at radius 2 is 1.74 bits per heavy atom. The molecule has 3 N–H and O–H groups in total. The van der Waals surface area contributed by atoms with E-state index in [-0.39, 0.29) is 47.2 Å². The second-order valence-corrected chi connectivity index (χ2v) is 10.6. The van der Waals surface area contributed by atoms with Crippen LogP contribution in [0.15, 0.2) is 24.5 Å². The van der Waals surface area contributed by atoms with E-state index in [1.165, 1.54) is 12.1 Å². The molecule has 1 aliphatic heterocycles. The molecular formula is C25H30F6N10O. The molecule has 4 rings (SSSR count). The molecule has 0 atom stereocenters. The van der Waals surface area contributed by atoms with Crippen molar-refractivity contribution in [3.8, 4) is 5.88 Å². The normalized spacial score (nSPS) is 14.7. The smallest absolute Gasteiger partial charge is 0.433 e. The second-order valence-electron chi connectivity index (χ2n) is 10.6. The number of nitrogens with one attached hydrogen (secondary N) is 1. The summed E-state index contributed by atoms with van der Waals surface area (Å²) in [5, 5.41) is 2.79. The number of nitrogen functional groups attached to an aromatic ring is 1. The lowest BCUT2D eigenvalue weighted by atomic mass is 9.91. The summed E-state index contributed by atoms with van der Waals surface area (Å²) >= 11 is 0. The molecule has 0 fully saturated rings. The van der Waals surface area contributed by atoms with Crippen molar-refractivity contribution in [2.75, 3.05) is 68.2 Å². The van der Waals surface area contributed by atoms with E-state index < -0.39 is 30.1 Å². The van der Waals surface area contributed by atoms with Crippen molar-refractivity contribution in [2.24, 2.45) is 0 Å². The Morgan fingerprint density at radius 1 is 1.02 bits per heavy atom.